The minimum absolute atomic E-state index is 0.117. The van der Waals surface area contributed by atoms with Crippen LogP contribution in [-0.4, -0.2) is 5.11 Å². The third-order valence-electron chi connectivity index (χ3n) is 2.69. The average Bonchev–Trinajstić information content (AvgIpc) is 2.87. The molecule has 0 atom stereocenters. The lowest BCUT2D eigenvalue weighted by Crippen LogP contribution is -1.99. The summed E-state index contributed by atoms with van der Waals surface area (Å²) in [6, 6.07) is 11.7. The Morgan fingerprint density at radius 2 is 1.83 bits per heavy atom. The molecule has 1 aromatic carbocycles. The SMILES string of the molecule is O=c1cc(-c2ccc(CO)o2)oc2ccccc12. The van der Waals surface area contributed by atoms with E-state index in [9.17, 15) is 4.79 Å². The van der Waals surface area contributed by atoms with Crippen LogP contribution in [0.3, 0.4) is 0 Å². The van der Waals surface area contributed by atoms with Crippen molar-refractivity contribution in [1.82, 2.24) is 0 Å². The lowest BCUT2D eigenvalue weighted by molar-refractivity contribution is 0.248. The van der Waals surface area contributed by atoms with E-state index in [1.165, 1.54) is 6.07 Å². The van der Waals surface area contributed by atoms with E-state index in [2.05, 4.69) is 0 Å². The normalized spacial score (nSPS) is 10.9. The second kappa shape index (κ2) is 4.16. The predicted molar refractivity (Wildman–Crippen MR) is 66.1 cm³/mol. The number of aliphatic hydroxyl groups is 1. The first-order chi connectivity index (χ1) is 8.78. The number of furan rings is 1. The van der Waals surface area contributed by atoms with Gasteiger partial charge in [-0.15, -0.1) is 0 Å². The second-order valence-electron chi connectivity index (χ2n) is 3.90. The van der Waals surface area contributed by atoms with Crippen LogP contribution < -0.4 is 5.43 Å². The minimum atomic E-state index is -0.183. The molecular weight excluding hydrogens is 232 g/mol. The van der Waals surface area contributed by atoms with Crippen molar-refractivity contribution in [3.8, 4) is 11.5 Å². The van der Waals surface area contributed by atoms with E-state index in [1.807, 2.05) is 0 Å². The molecule has 2 aromatic heterocycles. The van der Waals surface area contributed by atoms with Gasteiger partial charge in [-0.1, -0.05) is 12.1 Å². The molecule has 0 spiro atoms. The molecule has 4 nitrogen and oxygen atoms in total. The van der Waals surface area contributed by atoms with Gasteiger partial charge in [0.2, 0.25) is 0 Å². The Kier molecular flexibility index (Phi) is 2.50. The zero-order valence-electron chi connectivity index (χ0n) is 9.42. The molecule has 4 heteroatoms. The number of rotatable bonds is 2. The number of hydrogen-bond donors (Lipinski definition) is 1. The molecule has 0 aliphatic heterocycles. The predicted octanol–water partition coefficient (Wildman–Crippen LogP) is 2.55. The highest BCUT2D eigenvalue weighted by atomic mass is 16.4. The van der Waals surface area contributed by atoms with Crippen molar-refractivity contribution >= 4 is 11.0 Å². The largest absolute Gasteiger partial charge is 0.455 e. The first kappa shape index (κ1) is 10.8. The molecule has 0 fully saturated rings. The van der Waals surface area contributed by atoms with Crippen LogP contribution in [0.4, 0.5) is 0 Å². The highest BCUT2D eigenvalue weighted by Crippen LogP contribution is 2.24. The van der Waals surface area contributed by atoms with E-state index in [0.29, 0.717) is 28.2 Å². The zero-order chi connectivity index (χ0) is 12.5. The van der Waals surface area contributed by atoms with Crippen LogP contribution in [0, 0.1) is 0 Å². The van der Waals surface area contributed by atoms with Gasteiger partial charge in [-0.3, -0.25) is 4.79 Å². The van der Waals surface area contributed by atoms with Crippen LogP contribution in [-0.2, 0) is 6.61 Å². The van der Waals surface area contributed by atoms with E-state index in [-0.39, 0.29) is 12.0 Å². The zero-order valence-corrected chi connectivity index (χ0v) is 9.42. The van der Waals surface area contributed by atoms with Crippen LogP contribution >= 0.6 is 0 Å². The van der Waals surface area contributed by atoms with E-state index in [4.69, 9.17) is 13.9 Å². The molecule has 0 aliphatic rings. The van der Waals surface area contributed by atoms with Crippen molar-refractivity contribution in [3.63, 3.8) is 0 Å². The van der Waals surface area contributed by atoms with Gasteiger partial charge in [-0.05, 0) is 24.3 Å². The van der Waals surface area contributed by atoms with Crippen molar-refractivity contribution in [2.45, 2.75) is 6.61 Å². The second-order valence-corrected chi connectivity index (χ2v) is 3.90. The maximum absolute atomic E-state index is 11.9. The summed E-state index contributed by atoms with van der Waals surface area (Å²) in [7, 11) is 0. The fraction of sp³-hybridized carbons (Fsp3) is 0.0714. The summed E-state index contributed by atoms with van der Waals surface area (Å²) in [6.07, 6.45) is 0. The van der Waals surface area contributed by atoms with Gasteiger partial charge < -0.3 is 13.9 Å². The van der Waals surface area contributed by atoms with Crippen molar-refractivity contribution in [2.75, 3.05) is 0 Å². The van der Waals surface area contributed by atoms with Crippen LogP contribution in [0.25, 0.3) is 22.5 Å². The summed E-state index contributed by atoms with van der Waals surface area (Å²) in [6.45, 7) is -0.183. The highest BCUT2D eigenvalue weighted by Gasteiger charge is 2.10. The maximum Gasteiger partial charge on any atom is 0.193 e. The topological polar surface area (TPSA) is 63.6 Å². The van der Waals surface area contributed by atoms with Gasteiger partial charge in [0.25, 0.3) is 0 Å². The Balaban J connectivity index is 2.21. The van der Waals surface area contributed by atoms with Crippen LogP contribution in [0.1, 0.15) is 5.76 Å². The number of aliphatic hydroxyl groups excluding tert-OH is 1. The monoisotopic (exact) mass is 242 g/mol. The molecule has 3 aromatic rings. The van der Waals surface area contributed by atoms with E-state index >= 15 is 0 Å². The molecule has 1 N–H and O–H groups in total. The Hall–Kier alpha value is -2.33. The van der Waals surface area contributed by atoms with E-state index in [0.717, 1.165) is 0 Å². The number of para-hydroxylation sites is 1. The molecule has 2 heterocycles. The van der Waals surface area contributed by atoms with Gasteiger partial charge in [-0.2, -0.15) is 0 Å². The van der Waals surface area contributed by atoms with Gasteiger partial charge in [0.1, 0.15) is 18.0 Å². The fourth-order valence-electron chi connectivity index (χ4n) is 1.82. The summed E-state index contributed by atoms with van der Waals surface area (Å²) in [5.41, 5.74) is 0.399. The molecule has 0 amide bonds. The molecule has 0 bridgehead atoms. The minimum Gasteiger partial charge on any atom is -0.455 e. The lowest BCUT2D eigenvalue weighted by Gasteiger charge is -1.99. The molecular formula is C14H10O4. The molecule has 0 saturated heterocycles. The molecule has 0 unspecified atom stereocenters. The van der Waals surface area contributed by atoms with Crippen LogP contribution in [0.15, 0.2) is 56.1 Å². The first-order valence-corrected chi connectivity index (χ1v) is 5.51. The maximum atomic E-state index is 11.9. The van der Waals surface area contributed by atoms with E-state index < -0.39 is 0 Å². The molecule has 90 valence electrons. The van der Waals surface area contributed by atoms with Crippen molar-refractivity contribution < 1.29 is 13.9 Å². The Morgan fingerprint density at radius 1 is 1.00 bits per heavy atom. The Bertz CT molecular complexity index is 752. The van der Waals surface area contributed by atoms with Crippen molar-refractivity contribution in [1.29, 1.82) is 0 Å². The number of fused-ring (bicyclic) bond motifs is 1. The number of benzene rings is 1. The van der Waals surface area contributed by atoms with Gasteiger partial charge in [0.05, 0.1) is 5.39 Å². The van der Waals surface area contributed by atoms with E-state index in [1.54, 1.807) is 36.4 Å². The number of hydrogen-bond acceptors (Lipinski definition) is 4. The molecule has 18 heavy (non-hydrogen) atoms. The fourth-order valence-corrected chi connectivity index (χ4v) is 1.82. The Labute approximate surface area is 102 Å². The third-order valence-corrected chi connectivity index (χ3v) is 2.69. The lowest BCUT2D eigenvalue weighted by atomic mass is 10.2. The van der Waals surface area contributed by atoms with Crippen molar-refractivity contribution in [3.05, 3.63) is 58.4 Å². The molecule has 0 aliphatic carbocycles. The summed E-state index contributed by atoms with van der Waals surface area (Å²) < 4.78 is 11.0. The van der Waals surface area contributed by atoms with Crippen molar-refractivity contribution in [2.24, 2.45) is 0 Å². The van der Waals surface area contributed by atoms with Gasteiger partial charge in [0.15, 0.2) is 16.9 Å². The quantitative estimate of drug-likeness (QED) is 0.750. The smallest absolute Gasteiger partial charge is 0.193 e. The standard InChI is InChI=1S/C14H10O4/c15-8-9-5-6-13(17-9)14-7-11(16)10-3-1-2-4-12(10)18-14/h1-7,15H,8H2. The summed E-state index contributed by atoms with van der Waals surface area (Å²) in [4.78, 5) is 11.9. The first-order valence-electron chi connectivity index (χ1n) is 5.51. The summed E-state index contributed by atoms with van der Waals surface area (Å²) in [5, 5.41) is 9.48. The molecule has 0 radical (unpaired) electrons. The highest BCUT2D eigenvalue weighted by molar-refractivity contribution is 5.77. The van der Waals surface area contributed by atoms with Crippen LogP contribution in [0.2, 0.25) is 0 Å². The summed E-state index contributed by atoms with van der Waals surface area (Å²) in [5.74, 6) is 1.22. The average molecular weight is 242 g/mol. The Morgan fingerprint density at radius 3 is 2.61 bits per heavy atom. The van der Waals surface area contributed by atoms with Crippen LogP contribution in [0.5, 0.6) is 0 Å². The van der Waals surface area contributed by atoms with Gasteiger partial charge in [0, 0.05) is 6.07 Å². The molecule has 0 saturated carbocycles. The third kappa shape index (κ3) is 1.72. The molecule has 3 rings (SSSR count). The van der Waals surface area contributed by atoms with Gasteiger partial charge >= 0.3 is 0 Å². The van der Waals surface area contributed by atoms with Gasteiger partial charge in [-0.25, -0.2) is 0 Å². The summed E-state index contributed by atoms with van der Waals surface area (Å²) >= 11 is 0.